The van der Waals surface area contributed by atoms with Gasteiger partial charge in [0.2, 0.25) is 0 Å². The van der Waals surface area contributed by atoms with Crippen molar-refractivity contribution in [2.75, 3.05) is 4.43 Å². The van der Waals surface area contributed by atoms with Gasteiger partial charge in [0.25, 0.3) is 0 Å². The molecular formula is C9H15I. The fraction of sp³-hybridized carbons (Fsp3) is 0.778. The van der Waals surface area contributed by atoms with Gasteiger partial charge in [-0.05, 0) is 24.2 Å². The molecule has 10 heavy (non-hydrogen) atoms. The third-order valence-electron chi connectivity index (χ3n) is 1.41. The summed E-state index contributed by atoms with van der Waals surface area (Å²) < 4.78 is 1.28. The first-order chi connectivity index (χ1) is 4.81. The molecular weight excluding hydrogens is 235 g/mol. The standard InChI is InChI=1S/C9H15I/c1-3-6-9(2)7-4-5-8-10/h9H,4-5,7-8H2,1-2H3. The summed E-state index contributed by atoms with van der Waals surface area (Å²) >= 11 is 2.42. The minimum atomic E-state index is 0.605. The normalized spacial score (nSPS) is 11.9. The van der Waals surface area contributed by atoms with Crippen LogP contribution < -0.4 is 0 Å². The maximum Gasteiger partial charge on any atom is 0.0174 e. The molecule has 1 atom stereocenters. The lowest BCUT2D eigenvalue weighted by atomic mass is 10.1. The largest absolute Gasteiger partial charge is 0.106 e. The van der Waals surface area contributed by atoms with Gasteiger partial charge in [-0.15, -0.1) is 11.8 Å². The van der Waals surface area contributed by atoms with Crippen LogP contribution in [0.4, 0.5) is 0 Å². The Morgan fingerprint density at radius 3 is 2.60 bits per heavy atom. The number of hydrogen-bond donors (Lipinski definition) is 0. The van der Waals surface area contributed by atoms with Crippen molar-refractivity contribution in [3.63, 3.8) is 0 Å². The molecule has 0 aliphatic carbocycles. The van der Waals surface area contributed by atoms with Crippen LogP contribution in [0.3, 0.4) is 0 Å². The van der Waals surface area contributed by atoms with Crippen LogP contribution in [0.15, 0.2) is 0 Å². The van der Waals surface area contributed by atoms with Crippen LogP contribution in [0.1, 0.15) is 33.1 Å². The van der Waals surface area contributed by atoms with E-state index >= 15 is 0 Å². The molecule has 1 heteroatoms. The van der Waals surface area contributed by atoms with E-state index < -0.39 is 0 Å². The van der Waals surface area contributed by atoms with E-state index in [1.165, 1.54) is 23.7 Å². The van der Waals surface area contributed by atoms with Gasteiger partial charge in [-0.1, -0.05) is 35.9 Å². The van der Waals surface area contributed by atoms with E-state index in [2.05, 4.69) is 41.4 Å². The van der Waals surface area contributed by atoms with Gasteiger partial charge >= 0.3 is 0 Å². The summed E-state index contributed by atoms with van der Waals surface area (Å²) in [7, 11) is 0. The summed E-state index contributed by atoms with van der Waals surface area (Å²) in [6, 6.07) is 0. The zero-order valence-corrected chi connectivity index (χ0v) is 8.94. The minimum Gasteiger partial charge on any atom is -0.106 e. The third-order valence-corrected chi connectivity index (χ3v) is 2.17. The van der Waals surface area contributed by atoms with Crippen LogP contribution in [0.25, 0.3) is 0 Å². The van der Waals surface area contributed by atoms with E-state index in [0.29, 0.717) is 5.92 Å². The zero-order valence-electron chi connectivity index (χ0n) is 6.78. The van der Waals surface area contributed by atoms with Crippen molar-refractivity contribution >= 4 is 22.6 Å². The molecule has 0 aromatic heterocycles. The fourth-order valence-corrected chi connectivity index (χ4v) is 1.40. The predicted molar refractivity (Wildman–Crippen MR) is 55.4 cm³/mol. The molecule has 0 aliphatic rings. The maximum atomic E-state index is 3.15. The quantitative estimate of drug-likeness (QED) is 0.311. The molecule has 0 rings (SSSR count). The predicted octanol–water partition coefficient (Wildman–Crippen LogP) is 3.25. The van der Waals surface area contributed by atoms with Crippen molar-refractivity contribution in [3.05, 3.63) is 0 Å². The average Bonchev–Trinajstić information content (AvgIpc) is 1.89. The molecule has 0 aromatic rings. The first-order valence-corrected chi connectivity index (χ1v) is 5.32. The lowest BCUT2D eigenvalue weighted by Gasteiger charge is -2.00. The molecule has 0 spiro atoms. The SMILES string of the molecule is CC#CC(C)CCCCI. The smallest absolute Gasteiger partial charge is 0.0174 e. The maximum absolute atomic E-state index is 3.15. The second-order valence-corrected chi connectivity index (χ2v) is 3.56. The molecule has 0 saturated carbocycles. The Kier molecular flexibility index (Phi) is 7.61. The topological polar surface area (TPSA) is 0 Å². The van der Waals surface area contributed by atoms with E-state index in [9.17, 15) is 0 Å². The highest BCUT2D eigenvalue weighted by Crippen LogP contribution is 2.07. The minimum absolute atomic E-state index is 0.605. The van der Waals surface area contributed by atoms with Gasteiger partial charge in [0.1, 0.15) is 0 Å². The van der Waals surface area contributed by atoms with Gasteiger partial charge in [0, 0.05) is 5.92 Å². The van der Waals surface area contributed by atoms with E-state index in [1.54, 1.807) is 0 Å². The molecule has 0 amide bonds. The van der Waals surface area contributed by atoms with Crippen molar-refractivity contribution < 1.29 is 0 Å². The van der Waals surface area contributed by atoms with E-state index in [1.807, 2.05) is 6.92 Å². The summed E-state index contributed by atoms with van der Waals surface area (Å²) in [5.41, 5.74) is 0. The van der Waals surface area contributed by atoms with E-state index in [4.69, 9.17) is 0 Å². The fourth-order valence-electron chi connectivity index (χ4n) is 0.864. The highest BCUT2D eigenvalue weighted by Gasteiger charge is 1.94. The Bertz CT molecular complexity index is 118. The highest BCUT2D eigenvalue weighted by atomic mass is 127. The van der Waals surface area contributed by atoms with Gasteiger partial charge in [0.15, 0.2) is 0 Å². The molecule has 0 fully saturated rings. The molecule has 0 aromatic carbocycles. The van der Waals surface area contributed by atoms with Crippen molar-refractivity contribution in [1.29, 1.82) is 0 Å². The molecule has 1 unspecified atom stereocenters. The first-order valence-electron chi connectivity index (χ1n) is 3.79. The Morgan fingerprint density at radius 2 is 2.10 bits per heavy atom. The summed E-state index contributed by atoms with van der Waals surface area (Å²) in [6.07, 6.45) is 3.94. The number of unbranched alkanes of at least 4 members (excludes halogenated alkanes) is 1. The molecule has 0 bridgehead atoms. The summed E-state index contributed by atoms with van der Waals surface area (Å²) in [4.78, 5) is 0. The molecule has 0 heterocycles. The molecule has 0 saturated heterocycles. The Morgan fingerprint density at radius 1 is 1.40 bits per heavy atom. The Hall–Kier alpha value is 0.290. The van der Waals surface area contributed by atoms with Crippen molar-refractivity contribution in [3.8, 4) is 11.8 Å². The first kappa shape index (κ1) is 10.3. The molecule has 0 radical (unpaired) electrons. The van der Waals surface area contributed by atoms with Crippen molar-refractivity contribution in [2.45, 2.75) is 33.1 Å². The van der Waals surface area contributed by atoms with Gasteiger partial charge in [-0.25, -0.2) is 0 Å². The van der Waals surface area contributed by atoms with Crippen LogP contribution in [0.5, 0.6) is 0 Å². The van der Waals surface area contributed by atoms with E-state index in [0.717, 1.165) is 0 Å². The second-order valence-electron chi connectivity index (χ2n) is 2.48. The number of hydrogen-bond acceptors (Lipinski definition) is 0. The van der Waals surface area contributed by atoms with Gasteiger partial charge in [0.05, 0.1) is 0 Å². The molecule has 0 N–H and O–H groups in total. The number of halogens is 1. The Labute approximate surface area is 77.9 Å². The zero-order chi connectivity index (χ0) is 7.82. The average molecular weight is 250 g/mol. The lowest BCUT2D eigenvalue weighted by molar-refractivity contribution is 0.618. The van der Waals surface area contributed by atoms with Crippen LogP contribution in [0, 0.1) is 17.8 Å². The monoisotopic (exact) mass is 250 g/mol. The van der Waals surface area contributed by atoms with Crippen LogP contribution >= 0.6 is 22.6 Å². The van der Waals surface area contributed by atoms with Crippen molar-refractivity contribution in [2.24, 2.45) is 5.92 Å². The van der Waals surface area contributed by atoms with E-state index in [-0.39, 0.29) is 0 Å². The highest BCUT2D eigenvalue weighted by molar-refractivity contribution is 14.1. The molecule has 58 valence electrons. The summed E-state index contributed by atoms with van der Waals surface area (Å²) in [5, 5.41) is 0. The summed E-state index contributed by atoms with van der Waals surface area (Å²) in [5.74, 6) is 6.70. The lowest BCUT2D eigenvalue weighted by Crippen LogP contribution is -1.89. The number of alkyl halides is 1. The van der Waals surface area contributed by atoms with Crippen LogP contribution in [-0.2, 0) is 0 Å². The van der Waals surface area contributed by atoms with Gasteiger partial charge < -0.3 is 0 Å². The number of rotatable bonds is 4. The van der Waals surface area contributed by atoms with Crippen LogP contribution in [-0.4, -0.2) is 4.43 Å². The van der Waals surface area contributed by atoms with Gasteiger partial charge in [-0.2, -0.15) is 0 Å². The molecule has 0 nitrogen and oxygen atoms in total. The summed E-state index contributed by atoms with van der Waals surface area (Å²) in [6.45, 7) is 4.11. The molecule has 0 aliphatic heterocycles. The second kappa shape index (κ2) is 7.40. The van der Waals surface area contributed by atoms with Crippen molar-refractivity contribution in [1.82, 2.24) is 0 Å². The van der Waals surface area contributed by atoms with Gasteiger partial charge in [-0.3, -0.25) is 0 Å². The third kappa shape index (κ3) is 6.41. The Balaban J connectivity index is 3.18. The van der Waals surface area contributed by atoms with Crippen LogP contribution in [0.2, 0.25) is 0 Å².